The quantitative estimate of drug-likeness (QED) is 0.611. The van der Waals surface area contributed by atoms with E-state index in [0.717, 1.165) is 29.2 Å². The molecule has 0 fully saturated rings. The maximum Gasteiger partial charge on any atom is 0.240 e. The molecule has 5 heteroatoms. The Morgan fingerprint density at radius 2 is 1.87 bits per heavy atom. The first-order valence-corrected chi connectivity index (χ1v) is 6.26. The second-order valence-electron chi connectivity index (χ2n) is 2.48. The Kier molecular flexibility index (Phi) is 13.0. The first-order chi connectivity index (χ1) is 7.03. The molecular formula is C10H20N2OS2. The van der Waals surface area contributed by atoms with Gasteiger partial charge in [0, 0.05) is 13.1 Å². The zero-order valence-electron chi connectivity index (χ0n) is 9.66. The summed E-state index contributed by atoms with van der Waals surface area (Å²) >= 11 is 6.91. The number of carbonyl (C=O) groups is 1. The SMILES string of the molecule is C=CC(N)=O.CCSC(=S)N(CC)CC. The average Bonchev–Trinajstić information content (AvgIpc) is 2.21. The third-order valence-electron chi connectivity index (χ3n) is 1.49. The molecule has 0 heterocycles. The standard InChI is InChI=1S/C7H15NS2.C3H5NO/c1-4-8(5-2)7(9)10-6-3;1-2-3(4)5/h4-6H2,1-3H3;2H,1H2,(H2,4,5). The fourth-order valence-electron chi connectivity index (χ4n) is 0.697. The highest BCUT2D eigenvalue weighted by atomic mass is 32.2. The third-order valence-corrected chi connectivity index (χ3v) is 2.90. The van der Waals surface area contributed by atoms with E-state index in [0.29, 0.717) is 0 Å². The number of thioether (sulfide) groups is 1. The zero-order chi connectivity index (χ0) is 12.3. The van der Waals surface area contributed by atoms with Crippen LogP contribution in [0.15, 0.2) is 12.7 Å². The van der Waals surface area contributed by atoms with Crippen LogP contribution in [0.25, 0.3) is 0 Å². The normalized spacial score (nSPS) is 8.47. The second kappa shape index (κ2) is 11.5. The number of hydrogen-bond donors (Lipinski definition) is 1. The van der Waals surface area contributed by atoms with Gasteiger partial charge in [-0.3, -0.25) is 4.79 Å². The largest absolute Gasteiger partial charge is 0.366 e. The Bertz CT molecular complexity index is 204. The van der Waals surface area contributed by atoms with Crippen LogP contribution in [0.5, 0.6) is 0 Å². The Morgan fingerprint density at radius 3 is 2.07 bits per heavy atom. The van der Waals surface area contributed by atoms with Crippen LogP contribution in [-0.4, -0.2) is 34.0 Å². The third kappa shape index (κ3) is 11.4. The van der Waals surface area contributed by atoms with Crippen LogP contribution in [0.2, 0.25) is 0 Å². The van der Waals surface area contributed by atoms with Crippen molar-refractivity contribution in [3.63, 3.8) is 0 Å². The predicted molar refractivity (Wildman–Crippen MR) is 73.0 cm³/mol. The lowest BCUT2D eigenvalue weighted by molar-refractivity contribution is -0.113. The molecule has 88 valence electrons. The molecule has 0 aliphatic heterocycles. The van der Waals surface area contributed by atoms with Crippen molar-refractivity contribution in [3.8, 4) is 0 Å². The molecular weight excluding hydrogens is 228 g/mol. The van der Waals surface area contributed by atoms with Crippen LogP contribution in [0.4, 0.5) is 0 Å². The number of carbonyl (C=O) groups excluding carboxylic acids is 1. The van der Waals surface area contributed by atoms with Gasteiger partial charge in [0.05, 0.1) is 0 Å². The highest BCUT2D eigenvalue weighted by Crippen LogP contribution is 2.07. The molecule has 0 aliphatic carbocycles. The van der Waals surface area contributed by atoms with Crippen molar-refractivity contribution in [1.82, 2.24) is 4.90 Å². The summed E-state index contributed by atoms with van der Waals surface area (Å²) in [5.41, 5.74) is 4.53. The molecule has 0 saturated carbocycles. The highest BCUT2D eigenvalue weighted by molar-refractivity contribution is 8.22. The van der Waals surface area contributed by atoms with E-state index in [1.54, 1.807) is 11.8 Å². The van der Waals surface area contributed by atoms with Crippen LogP contribution in [0.3, 0.4) is 0 Å². The lowest BCUT2D eigenvalue weighted by Crippen LogP contribution is -2.26. The fourth-order valence-corrected chi connectivity index (χ4v) is 2.00. The van der Waals surface area contributed by atoms with Crippen molar-refractivity contribution in [1.29, 1.82) is 0 Å². The molecule has 0 bridgehead atoms. The minimum Gasteiger partial charge on any atom is -0.366 e. The minimum atomic E-state index is -0.481. The molecule has 1 amide bonds. The second-order valence-corrected chi connectivity index (χ2v) is 4.38. The first-order valence-electron chi connectivity index (χ1n) is 4.86. The summed E-state index contributed by atoms with van der Waals surface area (Å²) in [7, 11) is 0. The van der Waals surface area contributed by atoms with Gasteiger partial charge in [0.25, 0.3) is 0 Å². The van der Waals surface area contributed by atoms with E-state index in [9.17, 15) is 4.79 Å². The summed E-state index contributed by atoms with van der Waals surface area (Å²) in [6.07, 6.45) is 1.06. The molecule has 0 aromatic rings. The maximum absolute atomic E-state index is 9.47. The van der Waals surface area contributed by atoms with Gasteiger partial charge in [-0.05, 0) is 25.7 Å². The minimum absolute atomic E-state index is 0.481. The summed E-state index contributed by atoms with van der Waals surface area (Å²) < 4.78 is 1.03. The Hall–Kier alpha value is -0.550. The zero-order valence-corrected chi connectivity index (χ0v) is 11.3. The molecule has 0 atom stereocenters. The Labute approximate surface area is 102 Å². The van der Waals surface area contributed by atoms with Gasteiger partial charge in [0.2, 0.25) is 5.91 Å². The van der Waals surface area contributed by atoms with Crippen molar-refractivity contribution in [2.24, 2.45) is 5.73 Å². The summed E-state index contributed by atoms with van der Waals surface area (Å²) in [4.78, 5) is 11.7. The van der Waals surface area contributed by atoms with Crippen LogP contribution < -0.4 is 5.73 Å². The topological polar surface area (TPSA) is 46.3 Å². The number of amides is 1. The number of rotatable bonds is 4. The van der Waals surface area contributed by atoms with E-state index in [4.69, 9.17) is 12.2 Å². The van der Waals surface area contributed by atoms with Crippen molar-refractivity contribution in [3.05, 3.63) is 12.7 Å². The monoisotopic (exact) mass is 248 g/mol. The first kappa shape index (κ1) is 16.9. The van der Waals surface area contributed by atoms with Gasteiger partial charge < -0.3 is 10.6 Å². The predicted octanol–water partition coefficient (Wildman–Crippen LogP) is 2.02. The lowest BCUT2D eigenvalue weighted by Gasteiger charge is -2.20. The summed E-state index contributed by atoms with van der Waals surface area (Å²) in [6, 6.07) is 0. The molecule has 15 heavy (non-hydrogen) atoms. The van der Waals surface area contributed by atoms with Crippen LogP contribution in [-0.2, 0) is 4.79 Å². The van der Waals surface area contributed by atoms with Crippen LogP contribution in [0.1, 0.15) is 20.8 Å². The summed E-state index contributed by atoms with van der Waals surface area (Å²) in [5, 5.41) is 0. The number of nitrogens with two attached hydrogens (primary N) is 1. The van der Waals surface area contributed by atoms with Gasteiger partial charge in [-0.1, -0.05) is 37.5 Å². The Balaban J connectivity index is 0. The van der Waals surface area contributed by atoms with Crippen molar-refractivity contribution in [2.45, 2.75) is 20.8 Å². The molecule has 3 nitrogen and oxygen atoms in total. The molecule has 0 unspecified atom stereocenters. The van der Waals surface area contributed by atoms with E-state index < -0.39 is 5.91 Å². The van der Waals surface area contributed by atoms with Gasteiger partial charge >= 0.3 is 0 Å². The molecule has 0 radical (unpaired) electrons. The van der Waals surface area contributed by atoms with Crippen LogP contribution in [0, 0.1) is 0 Å². The Morgan fingerprint density at radius 1 is 1.47 bits per heavy atom. The average molecular weight is 248 g/mol. The van der Waals surface area contributed by atoms with E-state index in [2.05, 4.69) is 38.0 Å². The van der Waals surface area contributed by atoms with Gasteiger partial charge in [0.1, 0.15) is 4.32 Å². The number of primary amides is 1. The molecule has 0 rings (SSSR count). The van der Waals surface area contributed by atoms with Crippen molar-refractivity contribution in [2.75, 3.05) is 18.8 Å². The molecule has 0 aliphatic rings. The van der Waals surface area contributed by atoms with Gasteiger partial charge in [-0.25, -0.2) is 0 Å². The van der Waals surface area contributed by atoms with E-state index >= 15 is 0 Å². The number of thiocarbonyl (C=S) groups is 1. The van der Waals surface area contributed by atoms with E-state index in [1.807, 2.05) is 0 Å². The summed E-state index contributed by atoms with van der Waals surface area (Å²) in [6.45, 7) is 11.5. The number of hydrogen-bond acceptors (Lipinski definition) is 3. The van der Waals surface area contributed by atoms with E-state index in [1.165, 1.54) is 0 Å². The maximum atomic E-state index is 9.47. The van der Waals surface area contributed by atoms with Gasteiger partial charge in [-0.15, -0.1) is 0 Å². The van der Waals surface area contributed by atoms with Crippen molar-refractivity contribution >= 4 is 34.2 Å². The smallest absolute Gasteiger partial charge is 0.240 e. The van der Waals surface area contributed by atoms with Gasteiger partial charge in [0.15, 0.2) is 0 Å². The molecule has 0 saturated heterocycles. The molecule has 0 aromatic heterocycles. The molecule has 0 aromatic carbocycles. The highest BCUT2D eigenvalue weighted by Gasteiger charge is 2.02. The van der Waals surface area contributed by atoms with Crippen LogP contribution >= 0.6 is 24.0 Å². The number of nitrogens with zero attached hydrogens (tertiary/aromatic N) is 1. The fraction of sp³-hybridized carbons (Fsp3) is 0.600. The van der Waals surface area contributed by atoms with Gasteiger partial charge in [-0.2, -0.15) is 0 Å². The molecule has 0 spiro atoms. The van der Waals surface area contributed by atoms with E-state index in [-0.39, 0.29) is 0 Å². The summed E-state index contributed by atoms with van der Waals surface area (Å²) in [5.74, 6) is 0.597. The van der Waals surface area contributed by atoms with Crippen molar-refractivity contribution < 1.29 is 4.79 Å². The molecule has 2 N–H and O–H groups in total. The lowest BCUT2D eigenvalue weighted by atomic mass is 10.6.